The predicted molar refractivity (Wildman–Crippen MR) is 66.9 cm³/mol. The van der Waals surface area contributed by atoms with Crippen LogP contribution in [0.4, 0.5) is 0 Å². The van der Waals surface area contributed by atoms with Gasteiger partial charge in [-0.3, -0.25) is 4.79 Å². The van der Waals surface area contributed by atoms with E-state index in [0.717, 1.165) is 29.6 Å². The molecule has 2 rings (SSSR count). The predicted octanol–water partition coefficient (Wildman–Crippen LogP) is 3.06. The first kappa shape index (κ1) is 11.1. The molecule has 1 aliphatic rings. The van der Waals surface area contributed by atoms with E-state index >= 15 is 0 Å². The average molecular weight is 288 g/mol. The smallest absolute Gasteiger partial charge is 0.264 e. The molecule has 0 aromatic carbocycles. The molecule has 1 atom stereocenters. The fourth-order valence-corrected chi connectivity index (χ4v) is 3.45. The number of aryl methyl sites for hydroxylation is 1. The van der Waals surface area contributed by atoms with E-state index in [1.807, 2.05) is 24.0 Å². The normalized spacial score (nSPS) is 20.9. The quantitative estimate of drug-likeness (QED) is 0.766. The lowest BCUT2D eigenvalue weighted by Gasteiger charge is -2.22. The van der Waals surface area contributed by atoms with Crippen LogP contribution in [0.15, 0.2) is 12.1 Å². The van der Waals surface area contributed by atoms with Crippen molar-refractivity contribution in [3.05, 3.63) is 21.9 Å². The number of hydrogen-bond donors (Lipinski definition) is 0. The summed E-state index contributed by atoms with van der Waals surface area (Å²) in [5, 5.41) is 0.892. The van der Waals surface area contributed by atoms with Crippen LogP contribution in [-0.2, 0) is 0 Å². The highest BCUT2D eigenvalue weighted by atomic mass is 79.9. The number of carbonyl (C=O) groups is 1. The van der Waals surface area contributed by atoms with Crippen LogP contribution < -0.4 is 0 Å². The Bertz CT molecular complexity index is 363. The maximum Gasteiger partial charge on any atom is 0.264 e. The van der Waals surface area contributed by atoms with E-state index in [9.17, 15) is 4.79 Å². The number of thiophene rings is 1. The summed E-state index contributed by atoms with van der Waals surface area (Å²) in [4.78, 5) is 16.2. The van der Waals surface area contributed by atoms with E-state index < -0.39 is 0 Å². The van der Waals surface area contributed by atoms with Crippen molar-refractivity contribution in [3.63, 3.8) is 0 Å². The molecule has 1 fully saturated rings. The fraction of sp³-hybridized carbons (Fsp3) is 0.545. The first-order chi connectivity index (χ1) is 7.22. The summed E-state index contributed by atoms with van der Waals surface area (Å²) < 4.78 is 0. The summed E-state index contributed by atoms with van der Waals surface area (Å²) in [5.74, 6) is 0.204. The molecule has 1 aliphatic heterocycles. The van der Waals surface area contributed by atoms with Crippen molar-refractivity contribution in [1.29, 1.82) is 0 Å². The minimum absolute atomic E-state index is 0.204. The van der Waals surface area contributed by atoms with Crippen molar-refractivity contribution in [1.82, 2.24) is 4.90 Å². The third-order valence-corrected chi connectivity index (χ3v) is 4.50. The van der Waals surface area contributed by atoms with E-state index in [1.54, 1.807) is 11.3 Å². The zero-order valence-corrected chi connectivity index (χ0v) is 11.1. The molecule has 0 aliphatic carbocycles. The second-order valence-electron chi connectivity index (χ2n) is 3.86. The van der Waals surface area contributed by atoms with E-state index in [2.05, 4.69) is 15.9 Å². The molecular formula is C11H14BrNOS. The van der Waals surface area contributed by atoms with E-state index in [-0.39, 0.29) is 5.91 Å². The third kappa shape index (κ3) is 2.26. The number of halogens is 1. The maximum absolute atomic E-state index is 12.1. The molecule has 0 saturated carbocycles. The Morgan fingerprint density at radius 2 is 2.47 bits per heavy atom. The van der Waals surface area contributed by atoms with Crippen LogP contribution in [0, 0.1) is 6.92 Å². The highest BCUT2D eigenvalue weighted by Gasteiger charge is 2.28. The van der Waals surface area contributed by atoms with Gasteiger partial charge in [-0.2, -0.15) is 0 Å². The molecule has 0 N–H and O–H groups in total. The van der Waals surface area contributed by atoms with Crippen LogP contribution in [0.2, 0.25) is 0 Å². The van der Waals surface area contributed by atoms with Crippen molar-refractivity contribution in [2.45, 2.75) is 25.8 Å². The van der Waals surface area contributed by atoms with Gasteiger partial charge in [-0.25, -0.2) is 0 Å². The van der Waals surface area contributed by atoms with Crippen LogP contribution in [0.1, 0.15) is 27.4 Å². The minimum atomic E-state index is 0.204. The van der Waals surface area contributed by atoms with E-state index in [4.69, 9.17) is 0 Å². The standard InChI is InChI=1S/C11H14BrNOS/c1-8-4-5-10(15-8)11(14)13-6-2-3-9(13)7-12/h4-5,9H,2-3,6-7H2,1H3. The molecule has 1 unspecified atom stereocenters. The molecule has 15 heavy (non-hydrogen) atoms. The second-order valence-corrected chi connectivity index (χ2v) is 5.79. The number of amides is 1. The Balaban J connectivity index is 2.13. The minimum Gasteiger partial charge on any atom is -0.334 e. The number of alkyl halides is 1. The van der Waals surface area contributed by atoms with Gasteiger partial charge < -0.3 is 4.90 Å². The number of carbonyl (C=O) groups excluding carboxylic acids is 1. The molecule has 1 aromatic rings. The Kier molecular flexibility index (Phi) is 3.46. The van der Waals surface area contributed by atoms with Gasteiger partial charge in [0.15, 0.2) is 0 Å². The SMILES string of the molecule is Cc1ccc(C(=O)N2CCCC2CBr)s1. The highest BCUT2D eigenvalue weighted by Crippen LogP contribution is 2.24. The number of likely N-dealkylation sites (tertiary alicyclic amines) is 1. The van der Waals surface area contributed by atoms with E-state index in [0.29, 0.717) is 6.04 Å². The molecule has 82 valence electrons. The summed E-state index contributed by atoms with van der Waals surface area (Å²) in [6.45, 7) is 2.94. The van der Waals surface area contributed by atoms with Gasteiger partial charge in [-0.1, -0.05) is 15.9 Å². The van der Waals surface area contributed by atoms with Crippen molar-refractivity contribution in [3.8, 4) is 0 Å². The summed E-state index contributed by atoms with van der Waals surface area (Å²) in [5.41, 5.74) is 0. The zero-order chi connectivity index (χ0) is 10.8. The Hall–Kier alpha value is -0.350. The summed E-state index contributed by atoms with van der Waals surface area (Å²) in [7, 11) is 0. The van der Waals surface area contributed by atoms with Gasteiger partial charge in [-0.05, 0) is 31.9 Å². The Morgan fingerprint density at radius 3 is 3.07 bits per heavy atom. The van der Waals surface area contributed by atoms with Gasteiger partial charge in [-0.15, -0.1) is 11.3 Å². The van der Waals surface area contributed by atoms with Gasteiger partial charge >= 0.3 is 0 Å². The fourth-order valence-electron chi connectivity index (χ4n) is 1.95. The first-order valence-electron chi connectivity index (χ1n) is 5.15. The highest BCUT2D eigenvalue weighted by molar-refractivity contribution is 9.09. The van der Waals surface area contributed by atoms with Gasteiger partial charge in [0.25, 0.3) is 5.91 Å². The molecule has 2 nitrogen and oxygen atoms in total. The van der Waals surface area contributed by atoms with Gasteiger partial charge in [0.1, 0.15) is 0 Å². The zero-order valence-electron chi connectivity index (χ0n) is 8.70. The van der Waals surface area contributed by atoms with E-state index in [1.165, 1.54) is 4.88 Å². The lowest BCUT2D eigenvalue weighted by Crippen LogP contribution is -2.35. The topological polar surface area (TPSA) is 20.3 Å². The molecule has 4 heteroatoms. The monoisotopic (exact) mass is 287 g/mol. The Labute approximate surface area is 102 Å². The van der Waals surface area contributed by atoms with Crippen molar-refractivity contribution in [2.75, 3.05) is 11.9 Å². The van der Waals surface area contributed by atoms with Crippen molar-refractivity contribution >= 4 is 33.2 Å². The maximum atomic E-state index is 12.1. The second kappa shape index (κ2) is 4.66. The molecule has 1 amide bonds. The third-order valence-electron chi connectivity index (χ3n) is 2.77. The molecule has 1 saturated heterocycles. The van der Waals surface area contributed by atoms with Crippen LogP contribution >= 0.6 is 27.3 Å². The summed E-state index contributed by atoms with van der Waals surface area (Å²) in [6, 6.07) is 4.34. The first-order valence-corrected chi connectivity index (χ1v) is 7.09. The van der Waals surface area contributed by atoms with Gasteiger partial charge in [0.05, 0.1) is 4.88 Å². The Morgan fingerprint density at radius 1 is 1.67 bits per heavy atom. The lowest BCUT2D eigenvalue weighted by atomic mass is 10.2. The largest absolute Gasteiger partial charge is 0.334 e. The molecule has 1 aromatic heterocycles. The number of hydrogen-bond acceptors (Lipinski definition) is 2. The summed E-state index contributed by atoms with van der Waals surface area (Å²) in [6.07, 6.45) is 2.26. The van der Waals surface area contributed by atoms with Gasteiger partial charge in [0.2, 0.25) is 0 Å². The van der Waals surface area contributed by atoms with Crippen molar-refractivity contribution in [2.24, 2.45) is 0 Å². The van der Waals surface area contributed by atoms with Crippen LogP contribution in [0.25, 0.3) is 0 Å². The number of nitrogens with zero attached hydrogens (tertiary/aromatic N) is 1. The van der Waals surface area contributed by atoms with Crippen LogP contribution in [0.3, 0.4) is 0 Å². The van der Waals surface area contributed by atoms with Gasteiger partial charge in [0, 0.05) is 22.8 Å². The molecule has 2 heterocycles. The lowest BCUT2D eigenvalue weighted by molar-refractivity contribution is 0.0755. The molecule has 0 bridgehead atoms. The molecule has 0 radical (unpaired) electrons. The molecular weight excluding hydrogens is 274 g/mol. The van der Waals surface area contributed by atoms with Crippen LogP contribution in [0.5, 0.6) is 0 Å². The molecule has 0 spiro atoms. The summed E-state index contributed by atoms with van der Waals surface area (Å²) >= 11 is 5.06. The average Bonchev–Trinajstić information content (AvgIpc) is 2.84. The number of rotatable bonds is 2. The van der Waals surface area contributed by atoms with Crippen LogP contribution in [-0.4, -0.2) is 28.7 Å². The van der Waals surface area contributed by atoms with Crippen molar-refractivity contribution < 1.29 is 4.79 Å².